The van der Waals surface area contributed by atoms with Crippen LogP contribution in [0, 0.1) is 0 Å². The molecule has 0 aliphatic heterocycles. The third-order valence-corrected chi connectivity index (χ3v) is 5.90. The van der Waals surface area contributed by atoms with Gasteiger partial charge in [0.2, 0.25) is 0 Å². The summed E-state index contributed by atoms with van der Waals surface area (Å²) < 4.78 is 2.32. The van der Waals surface area contributed by atoms with Crippen LogP contribution in [0.2, 0.25) is 0 Å². The first kappa shape index (κ1) is 18.9. The average molecular weight is 392 g/mol. The van der Waals surface area contributed by atoms with E-state index in [1.54, 1.807) is 11.3 Å². The Bertz CT molecular complexity index is 1040. The van der Waals surface area contributed by atoms with E-state index in [0.717, 1.165) is 37.3 Å². The fourth-order valence-electron chi connectivity index (χ4n) is 3.65. The molecule has 28 heavy (non-hydrogen) atoms. The van der Waals surface area contributed by atoms with Crippen molar-refractivity contribution in [2.24, 2.45) is 0 Å². The number of thiophene rings is 1. The highest BCUT2D eigenvalue weighted by Gasteiger charge is 2.12. The third-order valence-electron chi connectivity index (χ3n) is 5.21. The lowest BCUT2D eigenvalue weighted by atomic mass is 10.0. The number of nitrogens with zero attached hydrogens (tertiary/aromatic N) is 3. The summed E-state index contributed by atoms with van der Waals surface area (Å²) in [5.41, 5.74) is 5.95. The van der Waals surface area contributed by atoms with E-state index >= 15 is 0 Å². The molecule has 0 unspecified atom stereocenters. The van der Waals surface area contributed by atoms with E-state index in [1.807, 2.05) is 12.4 Å². The number of rotatable bonds is 8. The first-order valence-corrected chi connectivity index (χ1v) is 10.6. The fourth-order valence-corrected chi connectivity index (χ4v) is 4.32. The van der Waals surface area contributed by atoms with Crippen LogP contribution in [0.1, 0.15) is 6.92 Å². The summed E-state index contributed by atoms with van der Waals surface area (Å²) in [5.74, 6) is 0. The summed E-state index contributed by atoms with van der Waals surface area (Å²) in [6.07, 6.45) is 6.12. The average Bonchev–Trinajstić information content (AvgIpc) is 3.40. The molecule has 144 valence electrons. The molecule has 0 saturated carbocycles. The van der Waals surface area contributed by atoms with Crippen LogP contribution in [-0.4, -0.2) is 45.8 Å². The number of aliphatic hydroxyl groups is 1. The van der Waals surface area contributed by atoms with Crippen LogP contribution in [0.4, 0.5) is 0 Å². The first-order chi connectivity index (χ1) is 13.8. The molecule has 3 heterocycles. The molecule has 0 bridgehead atoms. The third kappa shape index (κ3) is 3.87. The van der Waals surface area contributed by atoms with Gasteiger partial charge in [-0.3, -0.25) is 9.88 Å². The molecule has 1 N–H and O–H groups in total. The molecule has 0 spiro atoms. The number of aliphatic hydroxyl groups excluding tert-OH is 1. The maximum atomic E-state index is 9.24. The molecule has 0 aliphatic carbocycles. The van der Waals surface area contributed by atoms with Gasteiger partial charge in [0.15, 0.2) is 0 Å². The van der Waals surface area contributed by atoms with Gasteiger partial charge in [-0.25, -0.2) is 0 Å². The standard InChI is InChI=1S/C23H25N3OS/c1-2-25(10-11-27)8-9-26-16-22(21-5-3-4-6-23(21)26)20-13-19(14-24-15-20)18-7-12-28-17-18/h3-7,12-17,27H,2,8-11H2,1H3. The Morgan fingerprint density at radius 3 is 2.71 bits per heavy atom. The molecule has 5 heteroatoms. The Labute approximate surface area is 169 Å². The Hall–Kier alpha value is -2.47. The van der Waals surface area contributed by atoms with Crippen LogP contribution in [0.5, 0.6) is 0 Å². The second kappa shape index (κ2) is 8.69. The molecule has 1 aromatic carbocycles. The highest BCUT2D eigenvalue weighted by atomic mass is 32.1. The Balaban J connectivity index is 1.70. The summed E-state index contributed by atoms with van der Waals surface area (Å²) >= 11 is 1.70. The lowest BCUT2D eigenvalue weighted by Crippen LogP contribution is -2.29. The topological polar surface area (TPSA) is 41.3 Å². The van der Waals surface area contributed by atoms with Crippen LogP contribution >= 0.6 is 11.3 Å². The highest BCUT2D eigenvalue weighted by molar-refractivity contribution is 7.08. The molecular formula is C23H25N3OS. The lowest BCUT2D eigenvalue weighted by molar-refractivity contribution is 0.198. The van der Waals surface area contributed by atoms with Crippen LogP contribution < -0.4 is 0 Å². The van der Waals surface area contributed by atoms with E-state index in [0.29, 0.717) is 0 Å². The fraction of sp³-hybridized carbons (Fsp3) is 0.261. The predicted octanol–water partition coefficient (Wildman–Crippen LogP) is 4.75. The molecule has 0 radical (unpaired) electrons. The van der Waals surface area contributed by atoms with Gasteiger partial charge in [0.05, 0.1) is 6.61 Å². The van der Waals surface area contributed by atoms with Gasteiger partial charge in [0.25, 0.3) is 0 Å². The van der Waals surface area contributed by atoms with Gasteiger partial charge in [-0.2, -0.15) is 11.3 Å². The Morgan fingerprint density at radius 2 is 1.93 bits per heavy atom. The van der Waals surface area contributed by atoms with Gasteiger partial charge in [-0.1, -0.05) is 25.1 Å². The van der Waals surface area contributed by atoms with E-state index < -0.39 is 0 Å². The summed E-state index contributed by atoms with van der Waals surface area (Å²) in [5, 5.41) is 14.7. The molecule has 0 fully saturated rings. The number of fused-ring (bicyclic) bond motifs is 1. The summed E-state index contributed by atoms with van der Waals surface area (Å²) in [4.78, 5) is 6.78. The van der Waals surface area contributed by atoms with Crippen molar-refractivity contribution in [1.82, 2.24) is 14.5 Å². The van der Waals surface area contributed by atoms with Gasteiger partial charge < -0.3 is 9.67 Å². The van der Waals surface area contributed by atoms with Gasteiger partial charge >= 0.3 is 0 Å². The first-order valence-electron chi connectivity index (χ1n) is 9.69. The number of hydrogen-bond donors (Lipinski definition) is 1. The van der Waals surface area contributed by atoms with E-state index in [2.05, 4.69) is 74.7 Å². The van der Waals surface area contributed by atoms with Crippen LogP contribution in [-0.2, 0) is 6.54 Å². The highest BCUT2D eigenvalue weighted by Crippen LogP contribution is 2.33. The molecule has 0 aliphatic rings. The summed E-state index contributed by atoms with van der Waals surface area (Å²) in [6, 6.07) is 12.9. The molecule has 4 nitrogen and oxygen atoms in total. The van der Waals surface area contributed by atoms with Crippen molar-refractivity contribution in [2.75, 3.05) is 26.2 Å². The van der Waals surface area contributed by atoms with Crippen molar-refractivity contribution in [3.05, 3.63) is 65.7 Å². The van der Waals surface area contributed by atoms with Gasteiger partial charge in [-0.05, 0) is 41.1 Å². The van der Waals surface area contributed by atoms with Crippen LogP contribution in [0.25, 0.3) is 33.2 Å². The SMILES string of the molecule is CCN(CCO)CCn1cc(-c2cncc(-c3ccsc3)c2)c2ccccc21. The molecular weight excluding hydrogens is 366 g/mol. The molecule has 3 aromatic heterocycles. The van der Waals surface area contributed by atoms with Gasteiger partial charge in [0, 0.05) is 65.8 Å². The summed E-state index contributed by atoms with van der Waals surface area (Å²) in [6.45, 7) is 5.81. The minimum atomic E-state index is 0.201. The Morgan fingerprint density at radius 1 is 1.07 bits per heavy atom. The zero-order chi connectivity index (χ0) is 19.3. The van der Waals surface area contributed by atoms with Gasteiger partial charge in [-0.15, -0.1) is 0 Å². The maximum absolute atomic E-state index is 9.24. The minimum absolute atomic E-state index is 0.201. The molecule has 0 amide bonds. The lowest BCUT2D eigenvalue weighted by Gasteiger charge is -2.19. The van der Waals surface area contributed by atoms with Crippen LogP contribution in [0.3, 0.4) is 0 Å². The number of para-hydroxylation sites is 1. The smallest absolute Gasteiger partial charge is 0.0558 e. The quantitative estimate of drug-likeness (QED) is 0.471. The second-order valence-corrected chi connectivity index (χ2v) is 7.67. The maximum Gasteiger partial charge on any atom is 0.0558 e. The van der Waals surface area contributed by atoms with Gasteiger partial charge in [0.1, 0.15) is 0 Å². The van der Waals surface area contributed by atoms with Crippen molar-refractivity contribution in [1.29, 1.82) is 0 Å². The van der Waals surface area contributed by atoms with Crippen LogP contribution in [0.15, 0.2) is 65.7 Å². The normalized spacial score (nSPS) is 11.5. The zero-order valence-electron chi connectivity index (χ0n) is 16.1. The van der Waals surface area contributed by atoms with E-state index in [-0.39, 0.29) is 6.61 Å². The predicted molar refractivity (Wildman–Crippen MR) is 118 cm³/mol. The van der Waals surface area contributed by atoms with Crippen molar-refractivity contribution in [3.8, 4) is 22.3 Å². The largest absolute Gasteiger partial charge is 0.395 e. The van der Waals surface area contributed by atoms with Crippen molar-refractivity contribution >= 4 is 22.2 Å². The number of aromatic nitrogens is 2. The number of benzene rings is 1. The second-order valence-electron chi connectivity index (χ2n) is 6.89. The van der Waals surface area contributed by atoms with Crippen molar-refractivity contribution in [3.63, 3.8) is 0 Å². The van der Waals surface area contributed by atoms with E-state index in [4.69, 9.17) is 0 Å². The van der Waals surface area contributed by atoms with E-state index in [1.165, 1.54) is 22.0 Å². The van der Waals surface area contributed by atoms with Crippen molar-refractivity contribution < 1.29 is 5.11 Å². The number of likely N-dealkylation sites (N-methyl/N-ethyl adjacent to an activating group) is 1. The molecule has 0 atom stereocenters. The van der Waals surface area contributed by atoms with E-state index in [9.17, 15) is 5.11 Å². The number of hydrogen-bond acceptors (Lipinski definition) is 4. The summed E-state index contributed by atoms with van der Waals surface area (Å²) in [7, 11) is 0. The molecule has 4 aromatic rings. The van der Waals surface area contributed by atoms with Crippen molar-refractivity contribution in [2.45, 2.75) is 13.5 Å². The minimum Gasteiger partial charge on any atom is -0.395 e. The monoisotopic (exact) mass is 391 g/mol. The zero-order valence-corrected chi connectivity index (χ0v) is 16.9. The number of pyridine rings is 1. The molecule has 0 saturated heterocycles. The Kier molecular flexibility index (Phi) is 5.86. The molecule has 4 rings (SSSR count).